The average Bonchev–Trinajstić information content (AvgIpc) is 2.26. The van der Waals surface area contributed by atoms with Gasteiger partial charge in [0.25, 0.3) is 0 Å². The summed E-state index contributed by atoms with van der Waals surface area (Å²) in [5, 5.41) is 3.44. The molecule has 1 aliphatic heterocycles. The van der Waals surface area contributed by atoms with Gasteiger partial charge >= 0.3 is 0 Å². The van der Waals surface area contributed by atoms with Crippen molar-refractivity contribution in [1.29, 1.82) is 0 Å². The molecule has 1 fully saturated rings. The zero-order valence-corrected chi connectivity index (χ0v) is 9.91. The minimum absolute atomic E-state index is 0.0892. The van der Waals surface area contributed by atoms with Crippen LogP contribution >= 0.6 is 0 Å². The smallest absolute Gasteiger partial charge is 0.126 e. The van der Waals surface area contributed by atoms with Gasteiger partial charge in [0.15, 0.2) is 0 Å². The van der Waals surface area contributed by atoms with Crippen molar-refractivity contribution in [3.05, 3.63) is 35.6 Å². The Bertz CT molecular complexity index is 344. The number of nitrogens with zero attached hydrogens (tertiary/aromatic N) is 1. The van der Waals surface area contributed by atoms with Crippen LogP contribution in [0.3, 0.4) is 0 Å². The van der Waals surface area contributed by atoms with Crippen molar-refractivity contribution >= 4 is 0 Å². The van der Waals surface area contributed by atoms with Crippen LogP contribution in [0, 0.1) is 5.82 Å². The summed E-state index contributed by atoms with van der Waals surface area (Å²) in [6, 6.07) is 7.86. The summed E-state index contributed by atoms with van der Waals surface area (Å²) in [6.07, 6.45) is 0.775. The maximum absolute atomic E-state index is 13.6. The highest BCUT2D eigenvalue weighted by Gasteiger charge is 2.26. The highest BCUT2D eigenvalue weighted by atomic mass is 19.1. The molecule has 1 N–H and O–H groups in total. The van der Waals surface area contributed by atoms with E-state index in [0.717, 1.165) is 25.1 Å². The fourth-order valence-corrected chi connectivity index (χ4v) is 2.37. The maximum atomic E-state index is 13.6. The number of likely N-dealkylation sites (N-methyl/N-ethyl adjacent to an activating group) is 1. The molecule has 0 aliphatic carbocycles. The molecule has 1 aromatic rings. The molecule has 2 atom stereocenters. The Morgan fingerprint density at radius 3 is 2.88 bits per heavy atom. The van der Waals surface area contributed by atoms with Crippen LogP contribution < -0.4 is 5.32 Å². The molecule has 2 rings (SSSR count). The lowest BCUT2D eigenvalue weighted by atomic mass is 9.97. The van der Waals surface area contributed by atoms with Gasteiger partial charge in [0.05, 0.1) is 0 Å². The first-order valence-electron chi connectivity index (χ1n) is 5.85. The topological polar surface area (TPSA) is 15.3 Å². The van der Waals surface area contributed by atoms with Crippen LogP contribution in [0.25, 0.3) is 0 Å². The quantitative estimate of drug-likeness (QED) is 0.818. The van der Waals surface area contributed by atoms with E-state index in [1.54, 1.807) is 6.07 Å². The Kier molecular flexibility index (Phi) is 3.56. The van der Waals surface area contributed by atoms with E-state index in [2.05, 4.69) is 24.2 Å². The highest BCUT2D eigenvalue weighted by molar-refractivity contribution is 5.19. The van der Waals surface area contributed by atoms with Crippen molar-refractivity contribution in [2.45, 2.75) is 25.4 Å². The fourth-order valence-electron chi connectivity index (χ4n) is 2.37. The Morgan fingerprint density at radius 1 is 1.44 bits per heavy atom. The van der Waals surface area contributed by atoms with Gasteiger partial charge in [0.1, 0.15) is 5.82 Å². The molecule has 1 aromatic carbocycles. The number of halogens is 1. The molecule has 3 heteroatoms. The molecule has 1 heterocycles. The first-order chi connectivity index (χ1) is 7.68. The Morgan fingerprint density at radius 2 is 2.19 bits per heavy atom. The van der Waals surface area contributed by atoms with Crippen LogP contribution in [0.4, 0.5) is 4.39 Å². The molecule has 2 nitrogen and oxygen atoms in total. The third-order valence-corrected chi connectivity index (χ3v) is 3.46. The SMILES string of the molecule is CC1NCCN(C)C1Cc1ccccc1F. The minimum atomic E-state index is -0.0892. The van der Waals surface area contributed by atoms with Crippen molar-refractivity contribution in [2.75, 3.05) is 20.1 Å². The monoisotopic (exact) mass is 222 g/mol. The second kappa shape index (κ2) is 4.93. The van der Waals surface area contributed by atoms with Crippen molar-refractivity contribution in [3.8, 4) is 0 Å². The molecular weight excluding hydrogens is 203 g/mol. The van der Waals surface area contributed by atoms with Gasteiger partial charge in [-0.25, -0.2) is 4.39 Å². The molecule has 0 aromatic heterocycles. The van der Waals surface area contributed by atoms with Crippen molar-refractivity contribution < 1.29 is 4.39 Å². The van der Waals surface area contributed by atoms with Gasteiger partial charge in [-0.15, -0.1) is 0 Å². The predicted molar refractivity (Wildman–Crippen MR) is 64.0 cm³/mol. The van der Waals surface area contributed by atoms with E-state index in [9.17, 15) is 4.39 Å². The summed E-state index contributed by atoms with van der Waals surface area (Å²) >= 11 is 0. The Balaban J connectivity index is 2.11. The molecule has 0 amide bonds. The highest BCUT2D eigenvalue weighted by Crippen LogP contribution is 2.16. The van der Waals surface area contributed by atoms with E-state index in [1.165, 1.54) is 6.07 Å². The molecule has 0 bridgehead atoms. The molecule has 0 saturated carbocycles. The molecule has 0 radical (unpaired) electrons. The summed E-state index contributed by atoms with van der Waals surface area (Å²) in [6.45, 7) is 4.22. The van der Waals surface area contributed by atoms with E-state index in [4.69, 9.17) is 0 Å². The first kappa shape index (κ1) is 11.6. The lowest BCUT2D eigenvalue weighted by Crippen LogP contribution is -2.56. The van der Waals surface area contributed by atoms with Crippen LogP contribution in [0.5, 0.6) is 0 Å². The summed E-state index contributed by atoms with van der Waals surface area (Å²) in [7, 11) is 2.11. The minimum Gasteiger partial charge on any atom is -0.311 e. The lowest BCUT2D eigenvalue weighted by Gasteiger charge is -2.38. The van der Waals surface area contributed by atoms with Gasteiger partial charge in [-0.3, -0.25) is 0 Å². The van der Waals surface area contributed by atoms with Crippen molar-refractivity contribution in [3.63, 3.8) is 0 Å². The fraction of sp³-hybridized carbons (Fsp3) is 0.538. The zero-order chi connectivity index (χ0) is 11.5. The van der Waals surface area contributed by atoms with E-state index in [-0.39, 0.29) is 5.82 Å². The van der Waals surface area contributed by atoms with Gasteiger partial charge in [0.2, 0.25) is 0 Å². The summed E-state index contributed by atoms with van der Waals surface area (Å²) in [5.74, 6) is -0.0892. The molecule has 2 unspecified atom stereocenters. The molecule has 16 heavy (non-hydrogen) atoms. The maximum Gasteiger partial charge on any atom is 0.126 e. The molecule has 1 aliphatic rings. The summed E-state index contributed by atoms with van der Waals surface area (Å²) in [4.78, 5) is 2.31. The van der Waals surface area contributed by atoms with Crippen molar-refractivity contribution in [1.82, 2.24) is 10.2 Å². The Hall–Kier alpha value is -0.930. The molecular formula is C13H19FN2. The van der Waals surface area contributed by atoms with Crippen molar-refractivity contribution in [2.24, 2.45) is 0 Å². The summed E-state index contributed by atoms with van der Waals surface area (Å²) in [5.41, 5.74) is 0.815. The first-order valence-corrected chi connectivity index (χ1v) is 5.85. The average molecular weight is 222 g/mol. The molecule has 1 saturated heterocycles. The summed E-state index contributed by atoms with van der Waals surface area (Å²) < 4.78 is 13.6. The van der Waals surface area contributed by atoms with E-state index in [1.807, 2.05) is 12.1 Å². The standard InChI is InChI=1S/C13H19FN2/c1-10-13(16(2)8-7-15-10)9-11-5-3-4-6-12(11)14/h3-6,10,13,15H,7-9H2,1-2H3. The molecule has 88 valence electrons. The Labute approximate surface area is 96.5 Å². The van der Waals surface area contributed by atoms with E-state index < -0.39 is 0 Å². The van der Waals surface area contributed by atoms with Crippen LogP contribution in [0.15, 0.2) is 24.3 Å². The number of rotatable bonds is 2. The van der Waals surface area contributed by atoms with Gasteiger partial charge in [-0.2, -0.15) is 0 Å². The number of hydrogen-bond donors (Lipinski definition) is 1. The van der Waals surface area contributed by atoms with E-state index >= 15 is 0 Å². The number of hydrogen-bond acceptors (Lipinski definition) is 2. The van der Waals surface area contributed by atoms with Crippen LogP contribution in [0.2, 0.25) is 0 Å². The molecule has 0 spiro atoms. The predicted octanol–water partition coefficient (Wildman–Crippen LogP) is 1.66. The second-order valence-electron chi connectivity index (χ2n) is 4.59. The third-order valence-electron chi connectivity index (χ3n) is 3.46. The zero-order valence-electron chi connectivity index (χ0n) is 9.91. The number of nitrogens with one attached hydrogen (secondary N) is 1. The van der Waals surface area contributed by atoms with Gasteiger partial charge in [-0.05, 0) is 32.0 Å². The normalized spacial score (nSPS) is 26.9. The van der Waals surface area contributed by atoms with Crippen LogP contribution in [0.1, 0.15) is 12.5 Å². The van der Waals surface area contributed by atoms with Gasteiger partial charge in [-0.1, -0.05) is 18.2 Å². The van der Waals surface area contributed by atoms with Gasteiger partial charge in [0, 0.05) is 25.2 Å². The number of benzene rings is 1. The second-order valence-corrected chi connectivity index (χ2v) is 4.59. The van der Waals surface area contributed by atoms with Crippen LogP contribution in [-0.4, -0.2) is 37.1 Å². The third kappa shape index (κ3) is 2.42. The van der Waals surface area contributed by atoms with E-state index in [0.29, 0.717) is 12.1 Å². The lowest BCUT2D eigenvalue weighted by molar-refractivity contribution is 0.157. The number of piperazine rings is 1. The largest absolute Gasteiger partial charge is 0.311 e. The van der Waals surface area contributed by atoms with Crippen LogP contribution in [-0.2, 0) is 6.42 Å². The van der Waals surface area contributed by atoms with Gasteiger partial charge < -0.3 is 10.2 Å².